The molecule has 7 N–H and O–H groups in total. The molecule has 18 atom stereocenters. The van der Waals surface area contributed by atoms with Crippen molar-refractivity contribution in [2.24, 2.45) is 52.3 Å². The number of hydrogen-bond donors (Lipinski definition) is 7. The lowest BCUT2D eigenvalue weighted by atomic mass is 9.46. The number of aliphatic hydroxyl groups is 6. The number of carbonyl (C=O) groups excluding carboxylic acids is 4. The molecule has 2 saturated carbocycles. The number of rotatable bonds is 10. The van der Waals surface area contributed by atoms with E-state index in [1.165, 1.54) is 34.0 Å². The molecule has 4 aliphatic carbocycles. The van der Waals surface area contributed by atoms with Crippen LogP contribution in [0.3, 0.4) is 0 Å². The Balaban J connectivity index is 1.26. The van der Waals surface area contributed by atoms with E-state index in [9.17, 15) is 49.8 Å². The number of nitrogens with one attached hydrogen (secondary N) is 1. The largest absolute Gasteiger partial charge is 0.466 e. The first-order chi connectivity index (χ1) is 30.2. The molecule has 1 heterocycles. The van der Waals surface area contributed by atoms with Gasteiger partial charge in [0.1, 0.15) is 23.6 Å². The highest BCUT2D eigenvalue weighted by Gasteiger charge is 2.74. The van der Waals surface area contributed by atoms with Gasteiger partial charge in [0, 0.05) is 60.6 Å². The Labute approximate surface area is 384 Å². The minimum Gasteiger partial charge on any atom is -0.466 e. The summed E-state index contributed by atoms with van der Waals surface area (Å²) >= 11 is 0. The van der Waals surface area contributed by atoms with E-state index in [0.717, 1.165) is 0 Å². The zero-order chi connectivity index (χ0) is 48.8. The Hall–Kier alpha value is -2.83. The molecule has 0 spiro atoms. The van der Waals surface area contributed by atoms with Gasteiger partial charge in [0.25, 0.3) is 0 Å². The maximum atomic E-state index is 16.0. The lowest BCUT2D eigenvalue weighted by Crippen LogP contribution is -2.64. The fraction of sp³-hybridized carbons (Fsp3) is 0.837. The number of nitrogens with zero attached hydrogens (tertiary/aromatic N) is 1. The average molecular weight is 923 g/mol. The highest BCUT2D eigenvalue weighted by atomic mass is 19.1. The number of allylic oxidation sites excluding steroid dienone is 4. The molecule has 15 nitrogen and oxygen atoms in total. The van der Waals surface area contributed by atoms with Crippen LogP contribution in [0.25, 0.3) is 0 Å². The highest BCUT2D eigenvalue weighted by molar-refractivity contribution is 5.93. The summed E-state index contributed by atoms with van der Waals surface area (Å²) in [4.78, 5) is 55.3. The first-order valence-corrected chi connectivity index (χ1v) is 23.9. The molecule has 16 heteroatoms. The zero-order valence-corrected chi connectivity index (χ0v) is 40.5. The van der Waals surface area contributed by atoms with Gasteiger partial charge < -0.3 is 50.2 Å². The minimum atomic E-state index is -1.89. The van der Waals surface area contributed by atoms with Crippen molar-refractivity contribution >= 4 is 23.7 Å². The van der Waals surface area contributed by atoms with Crippen molar-refractivity contribution in [3.05, 3.63) is 23.6 Å². The molecular weight excluding hydrogens is 844 g/mol. The van der Waals surface area contributed by atoms with E-state index in [1.54, 1.807) is 26.8 Å². The van der Waals surface area contributed by atoms with E-state index in [4.69, 9.17) is 14.2 Å². The van der Waals surface area contributed by atoms with Gasteiger partial charge in [0.15, 0.2) is 5.78 Å². The maximum Gasteiger partial charge on any atom is 0.351 e. The maximum absolute atomic E-state index is 16.0. The van der Waals surface area contributed by atoms with E-state index in [1.807, 2.05) is 32.6 Å². The summed E-state index contributed by atoms with van der Waals surface area (Å²) in [5, 5.41) is 72.4. The molecule has 0 aromatic carbocycles. The third kappa shape index (κ3) is 9.75. The number of ether oxygens (including phenoxy) is 3. The van der Waals surface area contributed by atoms with Gasteiger partial charge in [-0.1, -0.05) is 47.6 Å². The van der Waals surface area contributed by atoms with Gasteiger partial charge in [0.05, 0.1) is 43.4 Å². The Morgan fingerprint density at radius 1 is 0.985 bits per heavy atom. The molecule has 0 radical (unpaired) electrons. The second-order valence-corrected chi connectivity index (χ2v) is 21.5. The van der Waals surface area contributed by atoms with Crippen LogP contribution in [0.5, 0.6) is 0 Å². The van der Waals surface area contributed by atoms with E-state index < -0.39 is 106 Å². The molecule has 0 aromatic heterocycles. The van der Waals surface area contributed by atoms with Crippen LogP contribution in [0.15, 0.2) is 23.6 Å². The third-order valence-electron chi connectivity index (χ3n) is 16.9. The lowest BCUT2D eigenvalue weighted by molar-refractivity contribution is -0.216. The van der Waals surface area contributed by atoms with Gasteiger partial charge in [0.2, 0.25) is 5.60 Å². The number of esters is 3. The smallest absolute Gasteiger partial charge is 0.351 e. The van der Waals surface area contributed by atoms with Crippen LogP contribution in [-0.4, -0.2) is 146 Å². The van der Waals surface area contributed by atoms with Crippen molar-refractivity contribution in [1.29, 1.82) is 0 Å². The van der Waals surface area contributed by atoms with Crippen LogP contribution in [0.1, 0.15) is 121 Å². The Morgan fingerprint density at radius 2 is 1.65 bits per heavy atom. The SMILES string of the molecule is CC[C@H]1OC(=O)[C@H](C)[C@@H](O)[C@H](C)[C@@H](O)[C@](C)(O)C[C@@H](C)CN(CCCNCCC(=O)O[C@]2(C(=O)OC)[C@H](C)CC3C4CC(F)=C5CC(=O)C=C[C@]5(C)C4[C@@H](O)C[C@@]32C)[C@H](C)[C@@H](O)[C@]1(C)O. The predicted octanol–water partition coefficient (Wildman–Crippen LogP) is 3.54. The summed E-state index contributed by atoms with van der Waals surface area (Å²) in [6.07, 6.45) is -1.81. The predicted molar refractivity (Wildman–Crippen MR) is 238 cm³/mol. The second-order valence-electron chi connectivity index (χ2n) is 21.5. The normalized spacial score (nSPS) is 45.4. The van der Waals surface area contributed by atoms with Crippen molar-refractivity contribution in [1.82, 2.24) is 10.2 Å². The molecule has 0 aromatic rings. The topological polar surface area (TPSA) is 233 Å². The van der Waals surface area contributed by atoms with Gasteiger partial charge in [-0.05, 0) is 102 Å². The van der Waals surface area contributed by atoms with Crippen LogP contribution < -0.4 is 5.32 Å². The molecule has 5 aliphatic rings. The fourth-order valence-electron chi connectivity index (χ4n) is 13.3. The molecule has 1 aliphatic heterocycles. The molecule has 1 saturated heterocycles. The summed E-state index contributed by atoms with van der Waals surface area (Å²) in [6.45, 7) is 18.2. The van der Waals surface area contributed by atoms with Crippen molar-refractivity contribution in [2.45, 2.75) is 174 Å². The first kappa shape index (κ1) is 53.1. The van der Waals surface area contributed by atoms with Gasteiger partial charge in [-0.3, -0.25) is 19.3 Å². The van der Waals surface area contributed by atoms with Gasteiger partial charge >= 0.3 is 17.9 Å². The minimum absolute atomic E-state index is 0.0194. The van der Waals surface area contributed by atoms with Crippen molar-refractivity contribution in [2.75, 3.05) is 33.3 Å². The highest BCUT2D eigenvalue weighted by Crippen LogP contribution is 2.69. The van der Waals surface area contributed by atoms with Gasteiger partial charge in [-0.15, -0.1) is 0 Å². The van der Waals surface area contributed by atoms with E-state index in [0.29, 0.717) is 38.0 Å². The Morgan fingerprint density at radius 3 is 2.28 bits per heavy atom. The van der Waals surface area contributed by atoms with Gasteiger partial charge in [-0.25, -0.2) is 9.18 Å². The number of halogens is 1. The zero-order valence-electron chi connectivity index (χ0n) is 40.5. The number of hydrogen-bond acceptors (Lipinski definition) is 15. The second kappa shape index (κ2) is 20.0. The summed E-state index contributed by atoms with van der Waals surface area (Å²) in [6, 6.07) is -0.673. The molecule has 0 amide bonds. The van der Waals surface area contributed by atoms with Crippen LogP contribution in [-0.2, 0) is 33.4 Å². The Kier molecular flexibility index (Phi) is 16.4. The molecular formula is C49H79FN2O13. The van der Waals surface area contributed by atoms with Crippen LogP contribution in [0.2, 0.25) is 0 Å². The van der Waals surface area contributed by atoms with Crippen LogP contribution in [0, 0.1) is 52.3 Å². The van der Waals surface area contributed by atoms with Crippen molar-refractivity contribution < 1.29 is 68.4 Å². The third-order valence-corrected chi connectivity index (χ3v) is 16.9. The number of aliphatic hydroxyl groups excluding tert-OH is 4. The van der Waals surface area contributed by atoms with E-state index in [2.05, 4.69) is 5.32 Å². The quantitative estimate of drug-likeness (QED) is 0.0944. The number of methoxy groups -OCH3 is 1. The number of carbonyl (C=O) groups is 4. The fourth-order valence-corrected chi connectivity index (χ4v) is 13.3. The van der Waals surface area contributed by atoms with Crippen LogP contribution >= 0.6 is 0 Å². The molecule has 65 heavy (non-hydrogen) atoms. The summed E-state index contributed by atoms with van der Waals surface area (Å²) < 4.78 is 33.3. The van der Waals surface area contributed by atoms with E-state index in [-0.39, 0.29) is 74.4 Å². The summed E-state index contributed by atoms with van der Waals surface area (Å²) in [7, 11) is 1.24. The lowest BCUT2D eigenvalue weighted by Gasteiger charge is -2.59. The standard InChI is InChI=1S/C49H79FN2O13/c1-12-37-48(10,62)42(58)30(6)52(25-26(2)23-47(9,61)41(57)28(4)40(56)29(5)43(59)64-37)19-13-17-51-18-15-38(55)65-49(44(60)63-11)27(3)20-33-32-22-35(50)34-21-31(53)14-16-45(34,7)39(32)36(54)24-46(33,49)8/h14,16,26-30,32-33,36-37,39-42,51,54,56-58,61-62H,12-13,15,17-25H2,1-11H3/t26-,27-,28+,29-,30-,32?,33?,36+,37-,39?,40+,41-,42-,45+,46+,47-,48-,49+/m1/s1. The molecule has 370 valence electrons. The molecule has 5 rings (SSSR count). The number of cyclic esters (lactones) is 1. The monoisotopic (exact) mass is 923 g/mol. The first-order valence-electron chi connectivity index (χ1n) is 23.9. The number of fused-ring (bicyclic) bond motifs is 5. The van der Waals surface area contributed by atoms with Crippen LogP contribution in [0.4, 0.5) is 4.39 Å². The van der Waals surface area contributed by atoms with Crippen molar-refractivity contribution in [3.63, 3.8) is 0 Å². The summed E-state index contributed by atoms with van der Waals surface area (Å²) in [5.41, 5.74) is -6.83. The Bertz CT molecular complexity index is 1820. The molecule has 0 bridgehead atoms. The number of ketones is 1. The summed E-state index contributed by atoms with van der Waals surface area (Å²) in [5.74, 6) is -6.55. The van der Waals surface area contributed by atoms with E-state index >= 15 is 4.39 Å². The van der Waals surface area contributed by atoms with Crippen molar-refractivity contribution in [3.8, 4) is 0 Å². The molecule has 3 unspecified atom stereocenters. The van der Waals surface area contributed by atoms with Gasteiger partial charge in [-0.2, -0.15) is 0 Å². The average Bonchev–Trinajstić information content (AvgIpc) is 3.46. The molecule has 3 fully saturated rings.